The third-order valence-electron chi connectivity index (χ3n) is 1.71. The van der Waals surface area contributed by atoms with Crippen molar-refractivity contribution in [2.75, 3.05) is 5.73 Å². The molecule has 0 unspecified atom stereocenters. The fourth-order valence-corrected chi connectivity index (χ4v) is 3.40. The lowest BCUT2D eigenvalue weighted by molar-refractivity contribution is 1.51. The maximum Gasteiger partial charge on any atom is 0.0538 e. The Bertz CT molecular complexity index is 436. The Morgan fingerprint density at radius 3 is 3.00 bits per heavy atom. The van der Waals surface area contributed by atoms with Gasteiger partial charge in [-0.25, -0.2) is 0 Å². The van der Waals surface area contributed by atoms with Gasteiger partial charge in [-0.05, 0) is 40.1 Å². The molecule has 2 rings (SSSR count). The van der Waals surface area contributed by atoms with Crippen LogP contribution in [0.25, 0.3) is 10.1 Å². The second kappa shape index (κ2) is 3.08. The number of hydrogen-bond acceptors (Lipinski definition) is 3. The monoisotopic (exact) mass is 307 g/mol. The fourth-order valence-electron chi connectivity index (χ4n) is 1.11. The molecular weight excluding hydrogens is 301 g/mol. The number of anilines is 1. The molecule has 0 aliphatic rings. The summed E-state index contributed by atoms with van der Waals surface area (Å²) in [6.07, 6.45) is 0. The first-order chi connectivity index (χ1) is 5.70. The van der Waals surface area contributed by atoms with Gasteiger partial charge in [0.15, 0.2) is 0 Å². The van der Waals surface area contributed by atoms with E-state index in [0.29, 0.717) is 0 Å². The quantitative estimate of drug-likeness (QED) is 0.435. The molecule has 0 saturated carbocycles. The van der Waals surface area contributed by atoms with Crippen molar-refractivity contribution < 1.29 is 0 Å². The Morgan fingerprint density at radius 1 is 1.50 bits per heavy atom. The van der Waals surface area contributed by atoms with Gasteiger partial charge >= 0.3 is 0 Å². The van der Waals surface area contributed by atoms with Gasteiger partial charge in [0.05, 0.1) is 5.69 Å². The minimum Gasteiger partial charge on any atom is -0.397 e. The Kier molecular flexibility index (Phi) is 2.22. The van der Waals surface area contributed by atoms with Gasteiger partial charge in [-0.1, -0.05) is 0 Å². The molecule has 1 aromatic carbocycles. The molecule has 0 bridgehead atoms. The summed E-state index contributed by atoms with van der Waals surface area (Å²) in [5.74, 6) is 0. The summed E-state index contributed by atoms with van der Waals surface area (Å²) in [6, 6.07) is 4.04. The molecule has 0 atom stereocenters. The standard InChI is InChI=1S/C8H6INS2/c9-5-3-6(11)7(10)4-1-2-12-8(4)5/h1-3,11H,10H2. The summed E-state index contributed by atoms with van der Waals surface area (Å²) in [7, 11) is 0. The largest absolute Gasteiger partial charge is 0.397 e. The van der Waals surface area contributed by atoms with Crippen LogP contribution in [0, 0.1) is 3.57 Å². The highest BCUT2D eigenvalue weighted by Gasteiger charge is 2.06. The molecule has 0 fully saturated rings. The van der Waals surface area contributed by atoms with Gasteiger partial charge in [0.1, 0.15) is 0 Å². The normalized spacial score (nSPS) is 10.8. The summed E-state index contributed by atoms with van der Waals surface area (Å²) in [4.78, 5) is 0.866. The lowest BCUT2D eigenvalue weighted by Gasteiger charge is -2.02. The predicted molar refractivity (Wildman–Crippen MR) is 66.2 cm³/mol. The smallest absolute Gasteiger partial charge is 0.0538 e. The number of hydrogen-bond donors (Lipinski definition) is 2. The van der Waals surface area contributed by atoms with Gasteiger partial charge in [-0.2, -0.15) is 0 Å². The van der Waals surface area contributed by atoms with E-state index in [9.17, 15) is 0 Å². The van der Waals surface area contributed by atoms with Gasteiger partial charge in [-0.15, -0.1) is 24.0 Å². The first-order valence-corrected chi connectivity index (χ1v) is 5.75. The molecule has 0 aliphatic carbocycles. The van der Waals surface area contributed by atoms with Crippen LogP contribution in [0.5, 0.6) is 0 Å². The van der Waals surface area contributed by atoms with Crippen LogP contribution in [-0.2, 0) is 0 Å². The number of halogens is 1. The zero-order valence-electron chi connectivity index (χ0n) is 6.04. The molecule has 1 heterocycles. The van der Waals surface area contributed by atoms with Crippen molar-refractivity contribution >= 4 is 62.3 Å². The first-order valence-electron chi connectivity index (χ1n) is 3.34. The molecule has 62 valence electrons. The average molecular weight is 307 g/mol. The molecule has 2 aromatic rings. The summed E-state index contributed by atoms with van der Waals surface area (Å²) in [6.45, 7) is 0. The van der Waals surface area contributed by atoms with Crippen LogP contribution in [0.4, 0.5) is 5.69 Å². The van der Waals surface area contributed by atoms with E-state index in [1.54, 1.807) is 11.3 Å². The molecule has 0 saturated heterocycles. The third-order valence-corrected chi connectivity index (χ3v) is 4.25. The van der Waals surface area contributed by atoms with Crippen molar-refractivity contribution in [3.63, 3.8) is 0 Å². The van der Waals surface area contributed by atoms with Crippen LogP contribution in [0.2, 0.25) is 0 Å². The van der Waals surface area contributed by atoms with Crippen LogP contribution in [0.3, 0.4) is 0 Å². The molecule has 0 aliphatic heterocycles. The number of benzene rings is 1. The summed E-state index contributed by atoms with van der Waals surface area (Å²) >= 11 is 8.31. The van der Waals surface area contributed by atoms with Crippen molar-refractivity contribution in [1.29, 1.82) is 0 Å². The van der Waals surface area contributed by atoms with Crippen molar-refractivity contribution in [2.24, 2.45) is 0 Å². The highest BCUT2D eigenvalue weighted by Crippen LogP contribution is 2.34. The van der Waals surface area contributed by atoms with Crippen LogP contribution in [0.1, 0.15) is 0 Å². The van der Waals surface area contributed by atoms with Crippen LogP contribution in [-0.4, -0.2) is 0 Å². The highest BCUT2D eigenvalue weighted by atomic mass is 127. The molecule has 0 radical (unpaired) electrons. The number of nitrogen functional groups attached to an aromatic ring is 1. The maximum absolute atomic E-state index is 5.86. The van der Waals surface area contributed by atoms with Crippen molar-refractivity contribution in [3.8, 4) is 0 Å². The van der Waals surface area contributed by atoms with E-state index in [4.69, 9.17) is 5.73 Å². The minimum absolute atomic E-state index is 0.787. The van der Waals surface area contributed by atoms with Gasteiger partial charge < -0.3 is 5.73 Å². The topological polar surface area (TPSA) is 26.0 Å². The van der Waals surface area contributed by atoms with E-state index in [-0.39, 0.29) is 0 Å². The molecule has 0 amide bonds. The van der Waals surface area contributed by atoms with E-state index in [1.165, 1.54) is 8.27 Å². The van der Waals surface area contributed by atoms with E-state index in [0.717, 1.165) is 16.0 Å². The van der Waals surface area contributed by atoms with Crippen molar-refractivity contribution in [2.45, 2.75) is 4.90 Å². The van der Waals surface area contributed by atoms with Crippen LogP contribution in [0.15, 0.2) is 22.4 Å². The molecule has 1 aromatic heterocycles. The number of rotatable bonds is 0. The lowest BCUT2D eigenvalue weighted by Crippen LogP contribution is -1.88. The van der Waals surface area contributed by atoms with E-state index in [2.05, 4.69) is 40.6 Å². The van der Waals surface area contributed by atoms with E-state index >= 15 is 0 Å². The lowest BCUT2D eigenvalue weighted by atomic mass is 10.2. The number of thiophene rings is 1. The van der Waals surface area contributed by atoms with Crippen molar-refractivity contribution in [3.05, 3.63) is 21.1 Å². The molecule has 0 spiro atoms. The first kappa shape index (κ1) is 8.65. The molecule has 2 N–H and O–H groups in total. The third kappa shape index (κ3) is 1.22. The Hall–Kier alpha value is 0.0600. The molecule has 4 heteroatoms. The summed E-state index contributed by atoms with van der Waals surface area (Å²) < 4.78 is 2.47. The van der Waals surface area contributed by atoms with E-state index < -0.39 is 0 Å². The molecular formula is C8H6INS2. The zero-order chi connectivity index (χ0) is 8.72. The van der Waals surface area contributed by atoms with Gasteiger partial charge in [0, 0.05) is 18.6 Å². The Morgan fingerprint density at radius 2 is 2.25 bits per heavy atom. The van der Waals surface area contributed by atoms with Crippen LogP contribution >= 0.6 is 46.6 Å². The van der Waals surface area contributed by atoms with Crippen LogP contribution < -0.4 is 5.73 Å². The van der Waals surface area contributed by atoms with Gasteiger partial charge in [0.25, 0.3) is 0 Å². The summed E-state index contributed by atoms with van der Waals surface area (Å²) in [5, 5.41) is 3.17. The number of thiol groups is 1. The molecule has 12 heavy (non-hydrogen) atoms. The maximum atomic E-state index is 5.86. The number of fused-ring (bicyclic) bond motifs is 1. The second-order valence-electron chi connectivity index (χ2n) is 2.45. The summed E-state index contributed by atoms with van der Waals surface area (Å²) in [5.41, 5.74) is 6.65. The SMILES string of the molecule is Nc1c(S)cc(I)c2sccc12. The molecule has 1 nitrogen and oxygen atoms in total. The predicted octanol–water partition coefficient (Wildman–Crippen LogP) is 3.38. The number of nitrogens with two attached hydrogens (primary N) is 1. The zero-order valence-corrected chi connectivity index (χ0v) is 9.91. The average Bonchev–Trinajstić information content (AvgIpc) is 2.48. The van der Waals surface area contributed by atoms with E-state index in [1.807, 2.05) is 12.1 Å². The minimum atomic E-state index is 0.787. The fraction of sp³-hybridized carbons (Fsp3) is 0. The van der Waals surface area contributed by atoms with Crippen molar-refractivity contribution in [1.82, 2.24) is 0 Å². The van der Waals surface area contributed by atoms with Gasteiger partial charge in [-0.3, -0.25) is 0 Å². The van der Waals surface area contributed by atoms with Gasteiger partial charge in [0.2, 0.25) is 0 Å². The Labute approximate surface area is 93.5 Å². The Balaban J connectivity index is 2.97. The second-order valence-corrected chi connectivity index (χ2v) is 5.01. The highest BCUT2D eigenvalue weighted by molar-refractivity contribution is 14.1.